The Morgan fingerprint density at radius 1 is 1.32 bits per heavy atom. The fraction of sp³-hybridized carbons (Fsp3) is 0.700. The number of alkyl halides is 1. The molecule has 3 saturated carbocycles. The summed E-state index contributed by atoms with van der Waals surface area (Å²) in [6.45, 7) is 9.05. The maximum Gasteiger partial charge on any atom is 0.101 e. The summed E-state index contributed by atoms with van der Waals surface area (Å²) >= 11 is 0. The highest BCUT2D eigenvalue weighted by Crippen LogP contribution is 2.65. The lowest BCUT2D eigenvalue weighted by molar-refractivity contribution is -0.00487. The highest BCUT2D eigenvalue weighted by Gasteiger charge is 2.58. The summed E-state index contributed by atoms with van der Waals surface area (Å²) in [7, 11) is 0. The predicted octanol–water partition coefficient (Wildman–Crippen LogP) is 4.91. The van der Waals surface area contributed by atoms with Crippen molar-refractivity contribution in [1.29, 1.82) is 0 Å². The number of rotatable bonds is 0. The molecule has 0 saturated heterocycles. The van der Waals surface area contributed by atoms with Gasteiger partial charge in [-0.1, -0.05) is 32.6 Å². The maximum absolute atomic E-state index is 14.2. The van der Waals surface area contributed by atoms with E-state index in [1.54, 1.807) is 0 Å². The van der Waals surface area contributed by atoms with Gasteiger partial charge in [-0.3, -0.25) is 0 Å². The van der Waals surface area contributed by atoms with Gasteiger partial charge in [0.05, 0.1) is 0 Å². The topological polar surface area (TPSA) is 26.0 Å². The van der Waals surface area contributed by atoms with E-state index in [1.807, 2.05) is 0 Å². The Balaban J connectivity index is 1.77. The second-order valence-electron chi connectivity index (χ2n) is 8.70. The van der Waals surface area contributed by atoms with E-state index >= 15 is 0 Å². The summed E-state index contributed by atoms with van der Waals surface area (Å²) in [5.41, 5.74) is 10.1. The molecule has 2 N–H and O–H groups in total. The van der Waals surface area contributed by atoms with Crippen molar-refractivity contribution in [3.63, 3.8) is 0 Å². The largest absolute Gasteiger partial charge is 0.402 e. The standard InChI is InChI=1S/C20H28FN/c1-12-9-14-15(20(3)7-4-5-17(22)18(12)20)6-8-19(2)11-13(21)10-16(14)19/h4,7,13-16H,1,5-6,8-11,22H2,2-3H3/t13-,14+,15-,16-,19+,20+/m0/s1. The molecule has 0 bridgehead atoms. The van der Waals surface area contributed by atoms with Crippen molar-refractivity contribution in [3.05, 3.63) is 35.6 Å². The molecule has 120 valence electrons. The minimum Gasteiger partial charge on any atom is -0.402 e. The van der Waals surface area contributed by atoms with Crippen LogP contribution in [-0.4, -0.2) is 6.17 Å². The summed E-state index contributed by atoms with van der Waals surface area (Å²) in [6.07, 6.45) is 9.80. The zero-order chi connectivity index (χ0) is 15.7. The highest BCUT2D eigenvalue weighted by molar-refractivity contribution is 5.47. The second kappa shape index (κ2) is 4.49. The third-order valence-corrected chi connectivity index (χ3v) is 7.42. The molecular formula is C20H28FN. The number of fused-ring (bicyclic) bond motifs is 5. The van der Waals surface area contributed by atoms with E-state index in [0.29, 0.717) is 17.8 Å². The van der Waals surface area contributed by atoms with Crippen molar-refractivity contribution in [3.8, 4) is 0 Å². The van der Waals surface area contributed by atoms with Crippen molar-refractivity contribution in [2.45, 2.75) is 58.5 Å². The smallest absolute Gasteiger partial charge is 0.101 e. The Labute approximate surface area is 133 Å². The van der Waals surface area contributed by atoms with Crippen LogP contribution in [0.2, 0.25) is 0 Å². The van der Waals surface area contributed by atoms with Crippen molar-refractivity contribution in [2.24, 2.45) is 34.3 Å². The van der Waals surface area contributed by atoms with E-state index < -0.39 is 6.17 Å². The lowest BCUT2D eigenvalue weighted by Crippen LogP contribution is -2.49. The molecule has 0 heterocycles. The molecule has 3 fully saturated rings. The molecular weight excluding hydrogens is 273 g/mol. The lowest BCUT2D eigenvalue weighted by Gasteiger charge is -2.57. The molecule has 6 atom stereocenters. The van der Waals surface area contributed by atoms with E-state index in [-0.39, 0.29) is 10.8 Å². The van der Waals surface area contributed by atoms with Gasteiger partial charge < -0.3 is 5.73 Å². The van der Waals surface area contributed by atoms with Crippen LogP contribution in [-0.2, 0) is 0 Å². The van der Waals surface area contributed by atoms with Gasteiger partial charge in [-0.15, -0.1) is 0 Å². The minimum absolute atomic E-state index is 0.0259. The van der Waals surface area contributed by atoms with Crippen molar-refractivity contribution in [1.82, 2.24) is 0 Å². The molecule has 2 heteroatoms. The van der Waals surface area contributed by atoms with Crippen LogP contribution in [0.15, 0.2) is 35.6 Å². The first-order valence-electron chi connectivity index (χ1n) is 8.84. The number of nitrogens with two attached hydrogens (primary N) is 1. The molecule has 0 aliphatic heterocycles. The average Bonchev–Trinajstić information content (AvgIpc) is 2.73. The maximum atomic E-state index is 14.2. The SMILES string of the molecule is C=C1C[C@H]2[C@@H]3C[C@H](F)C[C@@]3(C)CC[C@@H]2[C@@]2(C)C=CCC(N)=C12. The van der Waals surface area contributed by atoms with Gasteiger partial charge in [-0.25, -0.2) is 4.39 Å². The molecule has 4 aliphatic rings. The second-order valence-corrected chi connectivity index (χ2v) is 8.70. The third-order valence-electron chi connectivity index (χ3n) is 7.42. The zero-order valence-electron chi connectivity index (χ0n) is 13.9. The Morgan fingerprint density at radius 3 is 2.86 bits per heavy atom. The van der Waals surface area contributed by atoms with Crippen LogP contribution in [0.1, 0.15) is 52.4 Å². The van der Waals surface area contributed by atoms with Gasteiger partial charge >= 0.3 is 0 Å². The third kappa shape index (κ3) is 1.76. The zero-order valence-corrected chi connectivity index (χ0v) is 13.9. The van der Waals surface area contributed by atoms with Crippen LogP contribution in [0, 0.1) is 28.6 Å². The molecule has 22 heavy (non-hydrogen) atoms. The summed E-state index contributed by atoms with van der Waals surface area (Å²) in [6, 6.07) is 0. The molecule has 0 spiro atoms. The fourth-order valence-corrected chi connectivity index (χ4v) is 6.55. The molecule has 0 aromatic heterocycles. The first-order valence-corrected chi connectivity index (χ1v) is 8.84. The summed E-state index contributed by atoms with van der Waals surface area (Å²) in [5.74, 6) is 1.70. The van der Waals surface area contributed by atoms with Crippen LogP contribution in [0.4, 0.5) is 4.39 Å². The van der Waals surface area contributed by atoms with Crippen molar-refractivity contribution in [2.75, 3.05) is 0 Å². The van der Waals surface area contributed by atoms with Gasteiger partial charge in [0.1, 0.15) is 6.17 Å². The Hall–Kier alpha value is -1.05. The number of hydrogen-bond donors (Lipinski definition) is 1. The van der Waals surface area contributed by atoms with Crippen LogP contribution in [0.25, 0.3) is 0 Å². The van der Waals surface area contributed by atoms with Crippen LogP contribution in [0.5, 0.6) is 0 Å². The van der Waals surface area contributed by atoms with Crippen LogP contribution >= 0.6 is 0 Å². The molecule has 0 aromatic rings. The van der Waals surface area contributed by atoms with Gasteiger partial charge in [0.15, 0.2) is 0 Å². The Kier molecular flexibility index (Phi) is 2.97. The number of hydrogen-bond acceptors (Lipinski definition) is 1. The molecule has 0 unspecified atom stereocenters. The van der Waals surface area contributed by atoms with E-state index in [9.17, 15) is 4.39 Å². The van der Waals surface area contributed by atoms with E-state index in [1.165, 1.54) is 24.0 Å². The van der Waals surface area contributed by atoms with Gasteiger partial charge in [0.25, 0.3) is 0 Å². The average molecular weight is 301 g/mol. The van der Waals surface area contributed by atoms with Gasteiger partial charge in [-0.2, -0.15) is 0 Å². The van der Waals surface area contributed by atoms with Crippen molar-refractivity contribution >= 4 is 0 Å². The first kappa shape index (κ1) is 14.5. The molecule has 0 amide bonds. The Bertz CT molecular complexity index is 589. The lowest BCUT2D eigenvalue weighted by atomic mass is 9.47. The molecule has 0 radical (unpaired) electrons. The first-order chi connectivity index (χ1) is 10.3. The fourth-order valence-electron chi connectivity index (χ4n) is 6.55. The van der Waals surface area contributed by atoms with E-state index in [4.69, 9.17) is 5.73 Å². The quantitative estimate of drug-likeness (QED) is 0.632. The molecule has 4 rings (SSSR count). The Morgan fingerprint density at radius 2 is 2.09 bits per heavy atom. The monoisotopic (exact) mass is 301 g/mol. The van der Waals surface area contributed by atoms with Crippen molar-refractivity contribution < 1.29 is 4.39 Å². The summed E-state index contributed by atoms with van der Waals surface area (Å²) < 4.78 is 14.2. The summed E-state index contributed by atoms with van der Waals surface area (Å²) in [4.78, 5) is 0. The number of allylic oxidation sites excluding steroid dienone is 4. The summed E-state index contributed by atoms with van der Waals surface area (Å²) in [5, 5.41) is 0. The predicted molar refractivity (Wildman–Crippen MR) is 88.8 cm³/mol. The number of halogens is 1. The van der Waals surface area contributed by atoms with Crippen LogP contribution in [0.3, 0.4) is 0 Å². The molecule has 0 aromatic carbocycles. The normalized spacial score (nSPS) is 50.6. The highest BCUT2D eigenvalue weighted by atomic mass is 19.1. The van der Waals surface area contributed by atoms with Gasteiger partial charge in [0, 0.05) is 17.5 Å². The van der Waals surface area contributed by atoms with E-state index in [0.717, 1.165) is 31.4 Å². The van der Waals surface area contributed by atoms with Crippen LogP contribution < -0.4 is 5.73 Å². The molecule has 1 nitrogen and oxygen atoms in total. The minimum atomic E-state index is -0.598. The van der Waals surface area contributed by atoms with Gasteiger partial charge in [-0.05, 0) is 66.4 Å². The molecule has 4 aliphatic carbocycles. The van der Waals surface area contributed by atoms with E-state index in [2.05, 4.69) is 32.6 Å². The van der Waals surface area contributed by atoms with Gasteiger partial charge in [0.2, 0.25) is 0 Å².